The van der Waals surface area contributed by atoms with E-state index in [4.69, 9.17) is 0 Å². The smallest absolute Gasteiger partial charge is 0.354 e. The molecule has 1 saturated heterocycles. The minimum Gasteiger partial charge on any atom is -0.354 e. The molecule has 1 aliphatic carbocycles. The van der Waals surface area contributed by atoms with Crippen LogP contribution >= 0.6 is 15.9 Å². The molecular weight excluding hydrogens is 411 g/mol. The van der Waals surface area contributed by atoms with Crippen LogP contribution < -0.4 is 4.90 Å². The van der Waals surface area contributed by atoms with Crippen molar-refractivity contribution in [3.8, 4) is 0 Å². The molecule has 0 amide bonds. The van der Waals surface area contributed by atoms with E-state index >= 15 is 0 Å². The Labute approximate surface area is 147 Å². The number of pyridine rings is 1. The number of hydrogen-bond acceptors (Lipinski definition) is 4. The second-order valence-electron chi connectivity index (χ2n) is 6.01. The summed E-state index contributed by atoms with van der Waals surface area (Å²) in [5, 5.41) is -0.250. The summed E-state index contributed by atoms with van der Waals surface area (Å²) in [6.07, 6.45) is -1.59. The van der Waals surface area contributed by atoms with Crippen molar-refractivity contribution in [1.29, 1.82) is 0 Å². The first-order chi connectivity index (χ1) is 11.2. The minimum atomic E-state index is -4.44. The van der Waals surface area contributed by atoms with Crippen LogP contribution in [0, 0.1) is 0 Å². The van der Waals surface area contributed by atoms with Crippen LogP contribution in [0.25, 0.3) is 0 Å². The molecule has 1 saturated carbocycles. The van der Waals surface area contributed by atoms with Crippen molar-refractivity contribution in [3.63, 3.8) is 0 Å². The first-order valence-electron chi connectivity index (χ1n) is 7.66. The summed E-state index contributed by atoms with van der Waals surface area (Å²) < 4.78 is 64.6. The Hall–Kier alpha value is -0.870. The number of nitrogens with zero attached hydrogens (tertiary/aromatic N) is 3. The molecule has 1 aromatic heterocycles. The van der Waals surface area contributed by atoms with E-state index in [0.29, 0.717) is 51.3 Å². The van der Waals surface area contributed by atoms with Crippen LogP contribution in [0.5, 0.6) is 0 Å². The number of aromatic nitrogens is 1. The molecule has 2 heterocycles. The third kappa shape index (κ3) is 3.70. The topological polar surface area (TPSA) is 53.5 Å². The first-order valence-corrected chi connectivity index (χ1v) is 9.96. The van der Waals surface area contributed by atoms with Crippen LogP contribution in [0.1, 0.15) is 24.8 Å². The molecule has 1 aliphatic heterocycles. The van der Waals surface area contributed by atoms with Crippen molar-refractivity contribution in [3.05, 3.63) is 22.3 Å². The second kappa shape index (κ2) is 6.45. The Kier molecular flexibility index (Phi) is 4.82. The van der Waals surface area contributed by atoms with Gasteiger partial charge in [-0.3, -0.25) is 0 Å². The maximum absolute atomic E-state index is 12.7. The maximum Gasteiger partial charge on any atom is 0.417 e. The van der Waals surface area contributed by atoms with E-state index in [1.807, 2.05) is 4.90 Å². The van der Waals surface area contributed by atoms with E-state index in [1.54, 1.807) is 0 Å². The van der Waals surface area contributed by atoms with E-state index in [2.05, 4.69) is 20.9 Å². The van der Waals surface area contributed by atoms with Gasteiger partial charge in [-0.15, -0.1) is 0 Å². The number of rotatable bonds is 3. The van der Waals surface area contributed by atoms with Crippen molar-refractivity contribution in [2.75, 3.05) is 31.1 Å². The standard InChI is InChI=1S/C14H17BrF3N3O2S/c15-12-8-10(14(16,17)18)9-19-13(12)20-4-1-5-21(7-6-20)24(22,23)11-2-3-11/h8-9,11H,1-7H2. The lowest BCUT2D eigenvalue weighted by atomic mass is 10.2. The highest BCUT2D eigenvalue weighted by atomic mass is 79.9. The highest BCUT2D eigenvalue weighted by molar-refractivity contribution is 9.10. The molecule has 0 spiro atoms. The second-order valence-corrected chi connectivity index (χ2v) is 9.08. The predicted octanol–water partition coefficient (Wildman–Crippen LogP) is 2.87. The molecule has 0 radical (unpaired) electrons. The van der Waals surface area contributed by atoms with Gasteiger partial charge in [0.25, 0.3) is 0 Å². The van der Waals surface area contributed by atoms with Gasteiger partial charge >= 0.3 is 6.18 Å². The van der Waals surface area contributed by atoms with E-state index in [9.17, 15) is 21.6 Å². The predicted molar refractivity (Wildman–Crippen MR) is 87.3 cm³/mol. The Balaban J connectivity index is 1.74. The molecule has 0 aromatic carbocycles. The van der Waals surface area contributed by atoms with Gasteiger partial charge in [0.05, 0.1) is 15.3 Å². The Morgan fingerprint density at radius 2 is 1.88 bits per heavy atom. The first kappa shape index (κ1) is 17.9. The molecule has 2 aliphatic rings. The van der Waals surface area contributed by atoms with Crippen molar-refractivity contribution in [1.82, 2.24) is 9.29 Å². The van der Waals surface area contributed by atoms with Gasteiger partial charge in [0.2, 0.25) is 10.0 Å². The van der Waals surface area contributed by atoms with Gasteiger partial charge in [0.15, 0.2) is 0 Å². The number of hydrogen-bond donors (Lipinski definition) is 0. The van der Waals surface area contributed by atoms with Crippen LogP contribution in [0.4, 0.5) is 19.0 Å². The van der Waals surface area contributed by atoms with E-state index < -0.39 is 21.8 Å². The normalized spacial score (nSPS) is 20.9. The molecule has 0 bridgehead atoms. The molecule has 2 fully saturated rings. The molecule has 0 atom stereocenters. The molecule has 0 N–H and O–H groups in total. The fourth-order valence-corrected chi connectivity index (χ4v) is 5.23. The summed E-state index contributed by atoms with van der Waals surface area (Å²) in [4.78, 5) is 5.76. The molecular formula is C14H17BrF3N3O2S. The van der Waals surface area contributed by atoms with Gasteiger partial charge in [-0.1, -0.05) is 0 Å². The van der Waals surface area contributed by atoms with Crippen molar-refractivity contribution >= 4 is 31.8 Å². The number of anilines is 1. The van der Waals surface area contributed by atoms with Crippen molar-refractivity contribution in [2.24, 2.45) is 0 Å². The van der Waals surface area contributed by atoms with Crippen molar-refractivity contribution < 1.29 is 21.6 Å². The van der Waals surface area contributed by atoms with E-state index in [-0.39, 0.29) is 9.72 Å². The summed E-state index contributed by atoms with van der Waals surface area (Å²) >= 11 is 3.15. The molecule has 1 aromatic rings. The zero-order chi connectivity index (χ0) is 17.5. The number of sulfonamides is 1. The van der Waals surface area contributed by atoms with E-state index in [1.165, 1.54) is 4.31 Å². The summed E-state index contributed by atoms with van der Waals surface area (Å²) in [5.41, 5.74) is -0.814. The van der Waals surface area contributed by atoms with Gasteiger partial charge in [-0.05, 0) is 41.3 Å². The SMILES string of the molecule is O=S(=O)(C1CC1)N1CCCN(c2ncc(C(F)(F)F)cc2Br)CC1. The van der Waals surface area contributed by atoms with Gasteiger partial charge in [0.1, 0.15) is 5.82 Å². The molecule has 0 unspecified atom stereocenters. The largest absolute Gasteiger partial charge is 0.417 e. The van der Waals surface area contributed by atoms with Crippen LogP contribution in [0.2, 0.25) is 0 Å². The van der Waals surface area contributed by atoms with Gasteiger partial charge in [-0.2, -0.15) is 17.5 Å². The van der Waals surface area contributed by atoms with Crippen LogP contribution in [0.15, 0.2) is 16.7 Å². The molecule has 134 valence electrons. The summed E-state index contributed by atoms with van der Waals surface area (Å²) in [7, 11) is -3.23. The van der Waals surface area contributed by atoms with Gasteiger partial charge < -0.3 is 4.90 Å². The fourth-order valence-electron chi connectivity index (χ4n) is 2.76. The van der Waals surface area contributed by atoms with Gasteiger partial charge in [0, 0.05) is 32.4 Å². The average Bonchev–Trinajstić information content (AvgIpc) is 3.33. The quantitative estimate of drug-likeness (QED) is 0.743. The lowest BCUT2D eigenvalue weighted by molar-refractivity contribution is -0.137. The third-order valence-corrected chi connectivity index (χ3v) is 7.19. The third-order valence-electron chi connectivity index (χ3n) is 4.21. The molecule has 10 heteroatoms. The molecule has 5 nitrogen and oxygen atoms in total. The zero-order valence-electron chi connectivity index (χ0n) is 12.8. The zero-order valence-corrected chi connectivity index (χ0v) is 15.2. The van der Waals surface area contributed by atoms with Crippen LogP contribution in [-0.2, 0) is 16.2 Å². The Morgan fingerprint density at radius 1 is 1.17 bits per heavy atom. The highest BCUT2D eigenvalue weighted by Crippen LogP contribution is 2.35. The van der Waals surface area contributed by atoms with Crippen LogP contribution in [0.3, 0.4) is 0 Å². The number of alkyl halides is 3. The maximum atomic E-state index is 12.7. The summed E-state index contributed by atoms with van der Waals surface area (Å²) in [6, 6.07) is 1.01. The molecule has 3 rings (SSSR count). The lowest BCUT2D eigenvalue weighted by Crippen LogP contribution is -2.37. The van der Waals surface area contributed by atoms with Gasteiger partial charge in [-0.25, -0.2) is 13.4 Å². The Bertz CT molecular complexity index is 722. The Morgan fingerprint density at radius 3 is 2.46 bits per heavy atom. The minimum absolute atomic E-state index is 0.250. The monoisotopic (exact) mass is 427 g/mol. The average molecular weight is 428 g/mol. The van der Waals surface area contributed by atoms with Crippen molar-refractivity contribution in [2.45, 2.75) is 30.7 Å². The summed E-state index contributed by atoms with van der Waals surface area (Å²) in [5.74, 6) is 0.411. The van der Waals surface area contributed by atoms with Crippen LogP contribution in [-0.4, -0.2) is 49.1 Å². The fraction of sp³-hybridized carbons (Fsp3) is 0.643. The number of halogens is 4. The highest BCUT2D eigenvalue weighted by Gasteiger charge is 2.40. The molecule has 24 heavy (non-hydrogen) atoms. The summed E-state index contributed by atoms with van der Waals surface area (Å²) in [6.45, 7) is 1.72. The van der Waals surface area contributed by atoms with E-state index in [0.717, 1.165) is 12.3 Å². The lowest BCUT2D eigenvalue weighted by Gasteiger charge is -2.24.